The monoisotopic (exact) mass is 206 g/mol. The Bertz CT molecular complexity index is 132. The third-order valence-electron chi connectivity index (χ3n) is 3.04. The van der Waals surface area contributed by atoms with Gasteiger partial charge >= 0.3 is 0 Å². The molecule has 0 radical (unpaired) electrons. The fourth-order valence-electron chi connectivity index (χ4n) is 2.04. The van der Waals surface area contributed by atoms with Gasteiger partial charge in [-0.15, -0.1) is 11.6 Å². The number of hydrogen-bond acceptors (Lipinski definition) is 1. The highest BCUT2D eigenvalue weighted by Gasteiger charge is 2.34. The normalized spacial score (nSPS) is 28.8. The van der Waals surface area contributed by atoms with Crippen molar-refractivity contribution in [2.45, 2.75) is 33.1 Å². The van der Waals surface area contributed by atoms with Crippen LogP contribution in [0.25, 0.3) is 0 Å². The zero-order valence-electron chi connectivity index (χ0n) is 8.11. The van der Waals surface area contributed by atoms with E-state index in [9.17, 15) is 0 Å². The second-order valence-corrected chi connectivity index (χ2v) is 5.52. The van der Waals surface area contributed by atoms with Gasteiger partial charge in [0, 0.05) is 5.88 Å². The lowest BCUT2D eigenvalue weighted by Gasteiger charge is -2.33. The fraction of sp³-hybridized carbons (Fsp3) is 1.00. The Balaban J connectivity index is 2.51. The van der Waals surface area contributed by atoms with Crippen molar-refractivity contribution in [3.63, 3.8) is 0 Å². The van der Waals surface area contributed by atoms with E-state index in [4.69, 9.17) is 11.6 Å². The minimum Gasteiger partial charge on any atom is -0.162 e. The molecule has 0 saturated carbocycles. The maximum Gasteiger partial charge on any atom is 0.0280 e. The molecule has 0 spiro atoms. The van der Waals surface area contributed by atoms with Gasteiger partial charge in [0.05, 0.1) is 0 Å². The Kier molecular flexibility index (Phi) is 4.25. The Hall–Kier alpha value is 0.640. The summed E-state index contributed by atoms with van der Waals surface area (Å²) in [7, 11) is 0. The van der Waals surface area contributed by atoms with Crippen LogP contribution < -0.4 is 0 Å². The van der Waals surface area contributed by atoms with Gasteiger partial charge in [0.2, 0.25) is 0 Å². The minimum atomic E-state index is 0.416. The van der Waals surface area contributed by atoms with E-state index in [1.54, 1.807) is 0 Å². The van der Waals surface area contributed by atoms with Crippen LogP contribution in [0.4, 0.5) is 0 Å². The fourth-order valence-corrected chi connectivity index (χ4v) is 3.86. The van der Waals surface area contributed by atoms with Crippen molar-refractivity contribution in [1.29, 1.82) is 0 Å². The van der Waals surface area contributed by atoms with E-state index < -0.39 is 0 Å². The van der Waals surface area contributed by atoms with Crippen LogP contribution in [0.1, 0.15) is 33.1 Å². The summed E-state index contributed by atoms with van der Waals surface area (Å²) in [6.45, 7) is 4.62. The highest BCUT2D eigenvalue weighted by Crippen LogP contribution is 2.42. The van der Waals surface area contributed by atoms with Crippen molar-refractivity contribution >= 4 is 23.4 Å². The van der Waals surface area contributed by atoms with Gasteiger partial charge in [-0.05, 0) is 35.7 Å². The van der Waals surface area contributed by atoms with Gasteiger partial charge in [-0.1, -0.05) is 20.3 Å². The lowest BCUT2D eigenvalue weighted by Crippen LogP contribution is -2.29. The molecule has 0 aromatic heterocycles. The SMILES string of the molecule is CCCC(C)(CCl)C1CCSC1. The standard InChI is InChI=1S/C10H19ClS/c1-3-5-10(2,8-11)9-4-6-12-7-9/h9H,3-8H2,1-2H3. The van der Waals surface area contributed by atoms with Crippen molar-refractivity contribution in [2.24, 2.45) is 11.3 Å². The molecule has 0 bridgehead atoms. The zero-order chi connectivity index (χ0) is 9.03. The second-order valence-electron chi connectivity index (χ2n) is 4.10. The molecule has 1 heterocycles. The third kappa shape index (κ3) is 2.32. The van der Waals surface area contributed by atoms with Gasteiger partial charge in [-0.25, -0.2) is 0 Å². The van der Waals surface area contributed by atoms with E-state index in [0.29, 0.717) is 5.41 Å². The van der Waals surface area contributed by atoms with Gasteiger partial charge < -0.3 is 0 Å². The molecule has 0 N–H and O–H groups in total. The zero-order valence-corrected chi connectivity index (χ0v) is 9.68. The lowest BCUT2D eigenvalue weighted by molar-refractivity contribution is 0.220. The van der Waals surface area contributed by atoms with Crippen LogP contribution in [-0.2, 0) is 0 Å². The molecule has 1 rings (SSSR count). The van der Waals surface area contributed by atoms with Gasteiger partial charge in [0.1, 0.15) is 0 Å². The molecule has 0 aromatic carbocycles. The van der Waals surface area contributed by atoms with Gasteiger partial charge in [-0.2, -0.15) is 11.8 Å². The molecule has 0 aromatic rings. The van der Waals surface area contributed by atoms with Crippen LogP contribution in [0.5, 0.6) is 0 Å². The quantitative estimate of drug-likeness (QED) is 0.631. The average molecular weight is 207 g/mol. The Morgan fingerprint density at radius 2 is 2.33 bits per heavy atom. The van der Waals surface area contributed by atoms with Crippen molar-refractivity contribution < 1.29 is 0 Å². The molecular weight excluding hydrogens is 188 g/mol. The Labute approximate surface area is 85.4 Å². The first-order chi connectivity index (χ1) is 5.73. The van der Waals surface area contributed by atoms with E-state index in [0.717, 1.165) is 11.8 Å². The second kappa shape index (κ2) is 4.76. The smallest absolute Gasteiger partial charge is 0.0280 e. The molecular formula is C10H19ClS. The van der Waals surface area contributed by atoms with E-state index in [2.05, 4.69) is 25.6 Å². The number of halogens is 1. The summed E-state index contributed by atoms with van der Waals surface area (Å²) in [5.74, 6) is 4.40. The van der Waals surface area contributed by atoms with Crippen LogP contribution >= 0.6 is 23.4 Å². The first kappa shape index (κ1) is 10.7. The summed E-state index contributed by atoms with van der Waals surface area (Å²) < 4.78 is 0. The first-order valence-electron chi connectivity index (χ1n) is 4.86. The highest BCUT2D eigenvalue weighted by atomic mass is 35.5. The maximum atomic E-state index is 6.06. The molecule has 1 fully saturated rings. The molecule has 12 heavy (non-hydrogen) atoms. The topological polar surface area (TPSA) is 0 Å². The van der Waals surface area contributed by atoms with E-state index in [1.807, 2.05) is 0 Å². The molecule has 1 aliphatic heterocycles. The largest absolute Gasteiger partial charge is 0.162 e. The van der Waals surface area contributed by atoms with Gasteiger partial charge in [-0.3, -0.25) is 0 Å². The number of alkyl halides is 1. The summed E-state index contributed by atoms with van der Waals surface area (Å²) in [4.78, 5) is 0. The van der Waals surface area contributed by atoms with Crippen LogP contribution in [0, 0.1) is 11.3 Å². The summed E-state index contributed by atoms with van der Waals surface area (Å²) >= 11 is 8.15. The van der Waals surface area contributed by atoms with Gasteiger partial charge in [0.15, 0.2) is 0 Å². The van der Waals surface area contributed by atoms with Crippen LogP contribution in [0.15, 0.2) is 0 Å². The van der Waals surface area contributed by atoms with Gasteiger partial charge in [0.25, 0.3) is 0 Å². The van der Waals surface area contributed by atoms with E-state index >= 15 is 0 Å². The Morgan fingerprint density at radius 3 is 2.75 bits per heavy atom. The summed E-state index contributed by atoms with van der Waals surface area (Å²) in [6, 6.07) is 0. The molecule has 0 amide bonds. The summed E-state index contributed by atoms with van der Waals surface area (Å²) in [5, 5.41) is 0. The maximum absolute atomic E-state index is 6.06. The summed E-state index contributed by atoms with van der Waals surface area (Å²) in [5.41, 5.74) is 0.416. The molecule has 1 saturated heterocycles. The minimum absolute atomic E-state index is 0.416. The van der Waals surface area contributed by atoms with Crippen molar-refractivity contribution in [3.8, 4) is 0 Å². The predicted molar refractivity (Wildman–Crippen MR) is 59.2 cm³/mol. The van der Waals surface area contributed by atoms with Crippen molar-refractivity contribution in [1.82, 2.24) is 0 Å². The van der Waals surface area contributed by atoms with Crippen LogP contribution in [-0.4, -0.2) is 17.4 Å². The first-order valence-corrected chi connectivity index (χ1v) is 6.55. The van der Waals surface area contributed by atoms with Crippen molar-refractivity contribution in [2.75, 3.05) is 17.4 Å². The Morgan fingerprint density at radius 1 is 1.58 bits per heavy atom. The molecule has 2 unspecified atom stereocenters. The third-order valence-corrected chi connectivity index (χ3v) is 4.81. The average Bonchev–Trinajstić information content (AvgIpc) is 2.57. The highest BCUT2D eigenvalue weighted by molar-refractivity contribution is 7.99. The molecule has 2 heteroatoms. The summed E-state index contributed by atoms with van der Waals surface area (Å²) in [6.07, 6.45) is 3.94. The van der Waals surface area contributed by atoms with E-state index in [-0.39, 0.29) is 0 Å². The number of thioether (sulfide) groups is 1. The number of rotatable bonds is 4. The molecule has 2 atom stereocenters. The molecule has 0 nitrogen and oxygen atoms in total. The molecule has 0 aliphatic carbocycles. The van der Waals surface area contributed by atoms with Crippen LogP contribution in [0.3, 0.4) is 0 Å². The van der Waals surface area contributed by atoms with E-state index in [1.165, 1.54) is 30.8 Å². The van der Waals surface area contributed by atoms with Crippen molar-refractivity contribution in [3.05, 3.63) is 0 Å². The number of hydrogen-bond donors (Lipinski definition) is 0. The predicted octanol–water partition coefficient (Wildman–Crippen LogP) is 3.78. The molecule has 72 valence electrons. The molecule has 1 aliphatic rings. The lowest BCUT2D eigenvalue weighted by atomic mass is 9.75. The van der Waals surface area contributed by atoms with Crippen LogP contribution in [0.2, 0.25) is 0 Å².